The molecular formula is C24H28NO5+. The molecule has 0 fully saturated rings. The Morgan fingerprint density at radius 3 is 2.80 bits per heavy atom. The van der Waals surface area contributed by atoms with Crippen LogP contribution >= 0.6 is 0 Å². The molecule has 0 radical (unpaired) electrons. The van der Waals surface area contributed by atoms with Gasteiger partial charge in [-0.2, -0.15) is 0 Å². The van der Waals surface area contributed by atoms with E-state index in [1.807, 2.05) is 43.3 Å². The van der Waals surface area contributed by atoms with E-state index in [1.165, 1.54) is 10.5 Å². The molecule has 2 aromatic rings. The predicted octanol–water partition coefficient (Wildman–Crippen LogP) is 2.61. The molecule has 2 aliphatic rings. The van der Waals surface area contributed by atoms with E-state index in [1.54, 1.807) is 13.2 Å². The lowest BCUT2D eigenvalue weighted by atomic mass is 9.88. The largest absolute Gasteiger partial charge is 0.494 e. The maximum atomic E-state index is 12.8. The van der Waals surface area contributed by atoms with Crippen LogP contribution in [-0.4, -0.2) is 39.9 Å². The molecule has 30 heavy (non-hydrogen) atoms. The minimum atomic E-state index is 0.00989. The van der Waals surface area contributed by atoms with Crippen LogP contribution in [0.2, 0.25) is 0 Å². The Morgan fingerprint density at radius 1 is 1.27 bits per heavy atom. The number of carbonyl (C=O) groups excluding carboxylic acids is 1. The molecule has 6 nitrogen and oxygen atoms in total. The molecular weight excluding hydrogens is 382 g/mol. The Labute approximate surface area is 177 Å². The van der Waals surface area contributed by atoms with E-state index in [4.69, 9.17) is 18.9 Å². The average Bonchev–Trinajstić information content (AvgIpc) is 3.22. The van der Waals surface area contributed by atoms with Crippen LogP contribution < -0.4 is 23.8 Å². The summed E-state index contributed by atoms with van der Waals surface area (Å²) in [5, 5.41) is 0. The van der Waals surface area contributed by atoms with Gasteiger partial charge in [0.2, 0.25) is 12.5 Å². The number of quaternary nitrogens is 1. The highest BCUT2D eigenvalue weighted by atomic mass is 16.7. The van der Waals surface area contributed by atoms with Crippen LogP contribution in [0.5, 0.6) is 23.0 Å². The molecule has 2 atom stereocenters. The first-order valence-corrected chi connectivity index (χ1v) is 10.4. The molecule has 0 bridgehead atoms. The average molecular weight is 410 g/mol. The zero-order valence-electron chi connectivity index (χ0n) is 17.7. The minimum absolute atomic E-state index is 0.00989. The molecule has 0 saturated carbocycles. The van der Waals surface area contributed by atoms with Gasteiger partial charge in [-0.25, -0.2) is 0 Å². The number of ketones is 1. The molecule has 2 aliphatic heterocycles. The van der Waals surface area contributed by atoms with E-state index in [0.717, 1.165) is 35.6 Å². The van der Waals surface area contributed by atoms with E-state index in [2.05, 4.69) is 7.05 Å². The lowest BCUT2D eigenvalue weighted by Crippen LogP contribution is -3.10. The molecule has 2 aromatic carbocycles. The zero-order valence-corrected chi connectivity index (χ0v) is 17.7. The summed E-state index contributed by atoms with van der Waals surface area (Å²) in [4.78, 5) is 14.1. The van der Waals surface area contributed by atoms with Crippen molar-refractivity contribution in [3.05, 3.63) is 53.1 Å². The van der Waals surface area contributed by atoms with Crippen LogP contribution in [-0.2, 0) is 11.2 Å². The van der Waals surface area contributed by atoms with Gasteiger partial charge in [0.05, 0.1) is 39.3 Å². The zero-order chi connectivity index (χ0) is 21.1. The van der Waals surface area contributed by atoms with Gasteiger partial charge in [0.1, 0.15) is 11.8 Å². The normalized spacial score (nSPS) is 19.6. The van der Waals surface area contributed by atoms with Crippen molar-refractivity contribution in [3.63, 3.8) is 0 Å². The second kappa shape index (κ2) is 8.79. The molecule has 0 aliphatic carbocycles. The Morgan fingerprint density at radius 2 is 2.07 bits per heavy atom. The van der Waals surface area contributed by atoms with Crippen molar-refractivity contribution in [2.45, 2.75) is 25.8 Å². The number of rotatable bonds is 7. The monoisotopic (exact) mass is 410 g/mol. The molecule has 1 N–H and O–H groups in total. The van der Waals surface area contributed by atoms with Gasteiger partial charge >= 0.3 is 0 Å². The number of ether oxygens (including phenoxy) is 4. The van der Waals surface area contributed by atoms with Gasteiger partial charge in [0.25, 0.3) is 0 Å². The molecule has 6 heteroatoms. The van der Waals surface area contributed by atoms with Crippen LogP contribution in [0.3, 0.4) is 0 Å². The smallest absolute Gasteiger partial charge is 0.231 e. The number of allylic oxidation sites excluding steroid dienone is 1. The van der Waals surface area contributed by atoms with Gasteiger partial charge in [-0.15, -0.1) is 0 Å². The minimum Gasteiger partial charge on any atom is -0.494 e. The summed E-state index contributed by atoms with van der Waals surface area (Å²) in [5.74, 6) is 2.99. The summed E-state index contributed by atoms with van der Waals surface area (Å²) in [6.45, 7) is 3.75. The summed E-state index contributed by atoms with van der Waals surface area (Å²) in [6, 6.07) is 9.78. The van der Waals surface area contributed by atoms with Crippen LogP contribution in [0.1, 0.15) is 36.1 Å². The fourth-order valence-corrected chi connectivity index (χ4v) is 4.20. The number of likely N-dealkylation sites (N-methyl/N-ethyl adjacent to an activating group) is 1. The van der Waals surface area contributed by atoms with Crippen molar-refractivity contribution >= 4 is 11.9 Å². The second-order valence-electron chi connectivity index (χ2n) is 7.62. The fraction of sp³-hybridized carbons (Fsp3) is 0.375. The molecule has 158 valence electrons. The molecule has 2 heterocycles. The van der Waals surface area contributed by atoms with Crippen molar-refractivity contribution in [1.29, 1.82) is 0 Å². The number of carbonyl (C=O) groups is 1. The SMILES string of the molecule is CCOc1ccc(/C=C/C(=O)C[C@H]2c3c(cc4c(c3OC)OCO4)CC[NH+]2C)cc1. The van der Waals surface area contributed by atoms with Crippen molar-refractivity contribution < 1.29 is 28.6 Å². The highest BCUT2D eigenvalue weighted by molar-refractivity contribution is 5.94. The van der Waals surface area contributed by atoms with Gasteiger partial charge in [-0.3, -0.25) is 4.79 Å². The van der Waals surface area contributed by atoms with Gasteiger partial charge in [0, 0.05) is 6.42 Å². The van der Waals surface area contributed by atoms with Crippen molar-refractivity contribution in [2.75, 3.05) is 34.1 Å². The number of hydrogen-bond acceptors (Lipinski definition) is 5. The Bertz CT molecular complexity index is 951. The van der Waals surface area contributed by atoms with E-state index >= 15 is 0 Å². The Balaban J connectivity index is 1.54. The summed E-state index contributed by atoms with van der Waals surface area (Å²) in [7, 11) is 3.77. The first-order valence-electron chi connectivity index (χ1n) is 10.4. The predicted molar refractivity (Wildman–Crippen MR) is 114 cm³/mol. The number of nitrogens with one attached hydrogen (secondary N) is 1. The second-order valence-corrected chi connectivity index (χ2v) is 7.62. The third-order valence-electron chi connectivity index (χ3n) is 5.74. The molecule has 4 rings (SSSR count). The highest BCUT2D eigenvalue weighted by Crippen LogP contribution is 2.47. The van der Waals surface area contributed by atoms with Gasteiger partial charge < -0.3 is 23.8 Å². The summed E-state index contributed by atoms with van der Waals surface area (Å²) in [5.41, 5.74) is 3.21. The molecule has 0 amide bonds. The molecule has 0 aromatic heterocycles. The molecule has 1 unspecified atom stereocenters. The lowest BCUT2D eigenvalue weighted by Gasteiger charge is -2.32. The first kappa shape index (κ1) is 20.3. The van der Waals surface area contributed by atoms with Crippen LogP contribution in [0.25, 0.3) is 6.08 Å². The topological polar surface area (TPSA) is 58.4 Å². The van der Waals surface area contributed by atoms with Crippen molar-refractivity contribution in [3.8, 4) is 23.0 Å². The third-order valence-corrected chi connectivity index (χ3v) is 5.74. The number of benzene rings is 2. The van der Waals surface area contributed by atoms with Gasteiger partial charge in [-0.1, -0.05) is 18.2 Å². The molecule has 0 saturated heterocycles. The number of methoxy groups -OCH3 is 1. The van der Waals surface area contributed by atoms with Crippen LogP contribution in [0.15, 0.2) is 36.4 Å². The van der Waals surface area contributed by atoms with Gasteiger partial charge in [0.15, 0.2) is 17.3 Å². The number of fused-ring (bicyclic) bond motifs is 2. The maximum Gasteiger partial charge on any atom is 0.231 e. The fourth-order valence-electron chi connectivity index (χ4n) is 4.20. The highest BCUT2D eigenvalue weighted by Gasteiger charge is 2.37. The first-order chi connectivity index (χ1) is 14.6. The Kier molecular flexibility index (Phi) is 5.95. The maximum absolute atomic E-state index is 12.8. The lowest BCUT2D eigenvalue weighted by molar-refractivity contribution is -0.914. The van der Waals surface area contributed by atoms with Crippen LogP contribution in [0.4, 0.5) is 0 Å². The van der Waals surface area contributed by atoms with E-state index in [-0.39, 0.29) is 18.6 Å². The molecule has 0 spiro atoms. The van der Waals surface area contributed by atoms with E-state index in [0.29, 0.717) is 24.5 Å². The summed E-state index contributed by atoms with van der Waals surface area (Å²) < 4.78 is 22.4. The third kappa shape index (κ3) is 4.00. The van der Waals surface area contributed by atoms with Crippen molar-refractivity contribution in [2.24, 2.45) is 0 Å². The van der Waals surface area contributed by atoms with E-state index in [9.17, 15) is 4.79 Å². The summed E-state index contributed by atoms with van der Waals surface area (Å²) >= 11 is 0. The van der Waals surface area contributed by atoms with Gasteiger partial charge in [-0.05, 0) is 42.3 Å². The van der Waals surface area contributed by atoms with Crippen LogP contribution in [0, 0.1) is 0 Å². The van der Waals surface area contributed by atoms with Crippen molar-refractivity contribution in [1.82, 2.24) is 0 Å². The summed E-state index contributed by atoms with van der Waals surface area (Å²) in [6.07, 6.45) is 4.84. The van der Waals surface area contributed by atoms with E-state index < -0.39 is 0 Å². The number of hydrogen-bond donors (Lipinski definition) is 1. The standard InChI is InChI=1S/C24H27NO5/c1-4-28-19-9-6-16(7-10-19)5-8-18(26)14-20-22-17(11-12-25(20)2)13-21-23(24(22)27-3)30-15-29-21/h5-10,13,20H,4,11-12,14-15H2,1-3H3/p+1/b8-5+/t20-/m0/s1. The quantitative estimate of drug-likeness (QED) is 0.711. The Hall–Kier alpha value is -2.99.